The number of hydrogen-bond acceptors (Lipinski definition) is 2. The fourth-order valence-corrected chi connectivity index (χ4v) is 4.80. The van der Waals surface area contributed by atoms with Gasteiger partial charge in [-0.1, -0.05) is 6.42 Å². The molecule has 4 unspecified atom stereocenters. The first-order chi connectivity index (χ1) is 9.28. The van der Waals surface area contributed by atoms with Crippen LogP contribution < -0.4 is 5.32 Å². The Morgan fingerprint density at radius 1 is 1.26 bits per heavy atom. The molecule has 3 nitrogen and oxygen atoms in total. The molecule has 2 saturated carbocycles. The first-order valence-electron chi connectivity index (χ1n) is 8.22. The van der Waals surface area contributed by atoms with Crippen LogP contribution >= 0.6 is 0 Å². The minimum Gasteiger partial charge on any atom is -0.340 e. The summed E-state index contributed by atoms with van der Waals surface area (Å²) in [6.45, 7) is 1.82. The number of fused-ring (bicyclic) bond motifs is 2. The van der Waals surface area contributed by atoms with Crippen molar-refractivity contribution in [2.24, 2.45) is 17.8 Å². The third-order valence-corrected chi connectivity index (χ3v) is 5.75. The summed E-state index contributed by atoms with van der Waals surface area (Å²) in [4.78, 5) is 14.4. The summed E-state index contributed by atoms with van der Waals surface area (Å²) < 4.78 is 0. The van der Waals surface area contributed by atoms with Gasteiger partial charge < -0.3 is 10.2 Å². The molecule has 3 aliphatic rings. The number of amides is 1. The lowest BCUT2D eigenvalue weighted by Crippen LogP contribution is -2.38. The molecule has 1 heterocycles. The van der Waals surface area contributed by atoms with Crippen LogP contribution in [0.3, 0.4) is 0 Å². The van der Waals surface area contributed by atoms with E-state index in [1.807, 2.05) is 7.05 Å². The zero-order valence-electron chi connectivity index (χ0n) is 12.2. The maximum absolute atomic E-state index is 12.2. The van der Waals surface area contributed by atoms with Gasteiger partial charge >= 0.3 is 0 Å². The van der Waals surface area contributed by atoms with E-state index in [4.69, 9.17) is 0 Å². The third kappa shape index (κ3) is 2.81. The van der Waals surface area contributed by atoms with Crippen molar-refractivity contribution in [1.29, 1.82) is 0 Å². The molecule has 0 aromatic rings. The molecule has 1 saturated heterocycles. The summed E-state index contributed by atoms with van der Waals surface area (Å²) in [5, 5.41) is 3.08. The van der Waals surface area contributed by atoms with Gasteiger partial charge in [-0.3, -0.25) is 4.79 Å². The summed E-state index contributed by atoms with van der Waals surface area (Å²) in [6.07, 6.45) is 10.3. The van der Waals surface area contributed by atoms with Crippen molar-refractivity contribution in [3.8, 4) is 0 Å². The molecule has 1 N–H and O–H groups in total. The number of nitrogens with zero attached hydrogens (tertiary/aromatic N) is 1. The number of hydrogen-bond donors (Lipinski definition) is 1. The Morgan fingerprint density at radius 2 is 2.16 bits per heavy atom. The van der Waals surface area contributed by atoms with E-state index in [2.05, 4.69) is 10.2 Å². The fraction of sp³-hybridized carbons (Fsp3) is 0.938. The first-order valence-corrected chi connectivity index (χ1v) is 8.22. The molecule has 3 heteroatoms. The van der Waals surface area contributed by atoms with Gasteiger partial charge in [0.05, 0.1) is 0 Å². The molecular weight excluding hydrogens is 236 g/mol. The number of nitrogens with one attached hydrogen (secondary N) is 1. The molecule has 0 spiro atoms. The molecule has 4 atom stereocenters. The summed E-state index contributed by atoms with van der Waals surface area (Å²) in [6, 6.07) is 0.564. The highest BCUT2D eigenvalue weighted by atomic mass is 16.2. The lowest BCUT2D eigenvalue weighted by molar-refractivity contribution is -0.132. The maximum atomic E-state index is 12.2. The van der Waals surface area contributed by atoms with Gasteiger partial charge in [0, 0.05) is 25.6 Å². The molecule has 108 valence electrons. The average molecular weight is 264 g/mol. The second-order valence-electron chi connectivity index (χ2n) is 6.91. The van der Waals surface area contributed by atoms with Crippen LogP contribution in [0, 0.1) is 17.8 Å². The Labute approximate surface area is 117 Å². The summed E-state index contributed by atoms with van der Waals surface area (Å²) in [5.41, 5.74) is 0. The molecule has 0 aromatic carbocycles. The van der Waals surface area contributed by atoms with E-state index in [1.165, 1.54) is 44.9 Å². The molecule has 19 heavy (non-hydrogen) atoms. The highest BCUT2D eigenvalue weighted by molar-refractivity contribution is 5.77. The van der Waals surface area contributed by atoms with E-state index in [0.29, 0.717) is 18.4 Å². The first kappa shape index (κ1) is 13.4. The minimum atomic E-state index is 0.375. The SMILES string of the molecule is CNCCC(=O)N1CCCC1CC1CC2CCC1C2. The van der Waals surface area contributed by atoms with Crippen LogP contribution in [0.25, 0.3) is 0 Å². The zero-order valence-corrected chi connectivity index (χ0v) is 12.2. The van der Waals surface area contributed by atoms with E-state index in [-0.39, 0.29) is 0 Å². The number of carbonyl (C=O) groups excluding carboxylic acids is 1. The van der Waals surface area contributed by atoms with E-state index in [1.54, 1.807) is 0 Å². The summed E-state index contributed by atoms with van der Waals surface area (Å²) in [5.74, 6) is 3.34. The van der Waals surface area contributed by atoms with Crippen molar-refractivity contribution in [3.63, 3.8) is 0 Å². The van der Waals surface area contributed by atoms with E-state index in [9.17, 15) is 4.79 Å². The van der Waals surface area contributed by atoms with Crippen molar-refractivity contribution in [2.75, 3.05) is 20.1 Å². The topological polar surface area (TPSA) is 32.3 Å². The van der Waals surface area contributed by atoms with Gasteiger partial charge in [-0.15, -0.1) is 0 Å². The van der Waals surface area contributed by atoms with Gasteiger partial charge in [-0.2, -0.15) is 0 Å². The van der Waals surface area contributed by atoms with Gasteiger partial charge in [0.15, 0.2) is 0 Å². The molecule has 2 aliphatic carbocycles. The molecule has 0 radical (unpaired) electrons. The molecule has 2 bridgehead atoms. The maximum Gasteiger partial charge on any atom is 0.224 e. The summed E-state index contributed by atoms with van der Waals surface area (Å²) in [7, 11) is 1.92. The minimum absolute atomic E-state index is 0.375. The molecule has 3 rings (SSSR count). The monoisotopic (exact) mass is 264 g/mol. The number of likely N-dealkylation sites (tertiary alicyclic amines) is 1. The van der Waals surface area contributed by atoms with Crippen LogP contribution in [0.2, 0.25) is 0 Å². The van der Waals surface area contributed by atoms with E-state index >= 15 is 0 Å². The highest BCUT2D eigenvalue weighted by Crippen LogP contribution is 2.50. The average Bonchev–Trinajstić information content (AvgIpc) is 3.11. The predicted octanol–water partition coefficient (Wildman–Crippen LogP) is 2.41. The van der Waals surface area contributed by atoms with Crippen LogP contribution in [0.4, 0.5) is 0 Å². The molecule has 1 aliphatic heterocycles. The smallest absolute Gasteiger partial charge is 0.224 e. The third-order valence-electron chi connectivity index (χ3n) is 5.75. The van der Waals surface area contributed by atoms with Gasteiger partial charge in [0.2, 0.25) is 5.91 Å². The summed E-state index contributed by atoms with van der Waals surface area (Å²) >= 11 is 0. The van der Waals surface area contributed by atoms with E-state index in [0.717, 1.165) is 30.8 Å². The predicted molar refractivity (Wildman–Crippen MR) is 76.8 cm³/mol. The number of rotatable bonds is 5. The highest BCUT2D eigenvalue weighted by Gasteiger charge is 2.41. The Kier molecular flexibility index (Phi) is 4.11. The number of carbonyl (C=O) groups is 1. The van der Waals surface area contributed by atoms with Crippen LogP contribution in [0.5, 0.6) is 0 Å². The van der Waals surface area contributed by atoms with Crippen molar-refractivity contribution in [1.82, 2.24) is 10.2 Å². The molecule has 3 fully saturated rings. The van der Waals surface area contributed by atoms with Crippen LogP contribution in [-0.2, 0) is 4.79 Å². The lowest BCUT2D eigenvalue weighted by atomic mass is 9.83. The van der Waals surface area contributed by atoms with Crippen molar-refractivity contribution >= 4 is 5.91 Å². The second kappa shape index (κ2) is 5.82. The zero-order chi connectivity index (χ0) is 13.2. The van der Waals surface area contributed by atoms with Crippen LogP contribution in [0.1, 0.15) is 51.4 Å². The Hall–Kier alpha value is -0.570. The van der Waals surface area contributed by atoms with Crippen molar-refractivity contribution in [3.05, 3.63) is 0 Å². The van der Waals surface area contributed by atoms with E-state index < -0.39 is 0 Å². The normalized spacial score (nSPS) is 37.2. The van der Waals surface area contributed by atoms with Gasteiger partial charge in [0.1, 0.15) is 0 Å². The standard InChI is InChI=1S/C16H28N2O/c1-17-7-6-16(19)18-8-2-3-15(18)11-14-10-12-4-5-13(14)9-12/h12-15,17H,2-11H2,1H3. The Bertz CT molecular complexity index is 331. The van der Waals surface area contributed by atoms with Gasteiger partial charge in [-0.05, 0) is 63.3 Å². The van der Waals surface area contributed by atoms with Crippen LogP contribution in [-0.4, -0.2) is 37.0 Å². The lowest BCUT2D eigenvalue weighted by Gasteiger charge is -2.30. The van der Waals surface area contributed by atoms with Crippen LogP contribution in [0.15, 0.2) is 0 Å². The fourth-order valence-electron chi connectivity index (χ4n) is 4.80. The van der Waals surface area contributed by atoms with Crippen molar-refractivity contribution in [2.45, 2.75) is 57.4 Å². The quantitative estimate of drug-likeness (QED) is 0.827. The Balaban J connectivity index is 1.53. The van der Waals surface area contributed by atoms with Gasteiger partial charge in [0.25, 0.3) is 0 Å². The second-order valence-corrected chi connectivity index (χ2v) is 6.91. The molecule has 1 amide bonds. The Morgan fingerprint density at radius 3 is 2.84 bits per heavy atom. The molecular formula is C16H28N2O. The van der Waals surface area contributed by atoms with Gasteiger partial charge in [-0.25, -0.2) is 0 Å². The largest absolute Gasteiger partial charge is 0.340 e. The molecule has 0 aromatic heterocycles. The van der Waals surface area contributed by atoms with Crippen molar-refractivity contribution < 1.29 is 4.79 Å².